The number of aromatic nitrogens is 3. The highest BCUT2D eigenvalue weighted by atomic mass is 32.1. The van der Waals surface area contributed by atoms with Gasteiger partial charge in [0.25, 0.3) is 5.89 Å². The smallest absolute Gasteiger partial charge is 0.268 e. The highest BCUT2D eigenvalue weighted by molar-refractivity contribution is 7.13. The number of aryl methyl sites for hydroxylation is 1. The molecular formula is C19H15N3OS2. The van der Waals surface area contributed by atoms with Crippen molar-refractivity contribution in [3.05, 3.63) is 51.7 Å². The van der Waals surface area contributed by atoms with Crippen LogP contribution in [0.1, 0.15) is 29.3 Å². The first-order chi connectivity index (χ1) is 12.3. The van der Waals surface area contributed by atoms with Crippen molar-refractivity contribution >= 4 is 22.7 Å². The molecule has 0 unspecified atom stereocenters. The maximum atomic E-state index is 5.43. The normalized spacial score (nSPS) is 14.1. The number of hydrogen-bond acceptors (Lipinski definition) is 6. The molecule has 5 rings (SSSR count). The van der Waals surface area contributed by atoms with Crippen LogP contribution in [0.15, 0.2) is 45.6 Å². The lowest BCUT2D eigenvalue weighted by Crippen LogP contribution is -1.83. The lowest BCUT2D eigenvalue weighted by Gasteiger charge is -1.98. The van der Waals surface area contributed by atoms with Gasteiger partial charge in [-0.05, 0) is 36.8 Å². The van der Waals surface area contributed by atoms with E-state index in [0.717, 1.165) is 27.3 Å². The largest absolute Gasteiger partial charge is 0.333 e. The Morgan fingerprint density at radius 3 is 2.52 bits per heavy atom. The topological polar surface area (TPSA) is 51.8 Å². The summed E-state index contributed by atoms with van der Waals surface area (Å²) in [6, 6.07) is 10.3. The third-order valence-electron chi connectivity index (χ3n) is 4.37. The van der Waals surface area contributed by atoms with E-state index in [2.05, 4.69) is 33.7 Å². The maximum Gasteiger partial charge on any atom is 0.268 e. The first-order valence-corrected chi connectivity index (χ1v) is 9.98. The number of thiophene rings is 1. The van der Waals surface area contributed by atoms with Gasteiger partial charge in [-0.3, -0.25) is 0 Å². The van der Waals surface area contributed by atoms with E-state index < -0.39 is 0 Å². The molecule has 124 valence electrons. The summed E-state index contributed by atoms with van der Waals surface area (Å²) in [5.74, 6) is 1.91. The Bertz CT molecular complexity index is 1030. The average Bonchev–Trinajstić information content (AvgIpc) is 3.04. The summed E-state index contributed by atoms with van der Waals surface area (Å²) < 4.78 is 5.43. The molecule has 0 spiro atoms. The molecule has 0 saturated heterocycles. The van der Waals surface area contributed by atoms with Crippen LogP contribution in [0.25, 0.3) is 33.4 Å². The summed E-state index contributed by atoms with van der Waals surface area (Å²) in [5, 5.41) is 9.58. The third kappa shape index (κ3) is 2.81. The Hall–Kier alpha value is -2.31. The Kier molecular flexibility index (Phi) is 3.53. The summed E-state index contributed by atoms with van der Waals surface area (Å²) in [5.41, 5.74) is 4.29. The van der Waals surface area contributed by atoms with Crippen LogP contribution in [0, 0.1) is 6.92 Å². The van der Waals surface area contributed by atoms with Crippen LogP contribution >= 0.6 is 22.7 Å². The Labute approximate surface area is 153 Å². The Morgan fingerprint density at radius 2 is 1.80 bits per heavy atom. The standard InChI is InChI=1S/C19H15N3OS2/c1-11-8-9-24-16(11)18-21-17(22-23-18)13-4-2-12(3-5-13)15-10-25-19(20-15)14-6-7-14/h2-5,8-10,14H,6-7H2,1H3. The molecule has 1 fully saturated rings. The Balaban J connectivity index is 1.41. The van der Waals surface area contributed by atoms with Crippen molar-refractivity contribution in [3.8, 4) is 33.4 Å². The van der Waals surface area contributed by atoms with Gasteiger partial charge in [0.1, 0.15) is 0 Å². The summed E-state index contributed by atoms with van der Waals surface area (Å²) in [6.45, 7) is 2.05. The fourth-order valence-electron chi connectivity index (χ4n) is 2.75. The molecule has 1 aliphatic carbocycles. The van der Waals surface area contributed by atoms with Gasteiger partial charge in [-0.2, -0.15) is 4.98 Å². The molecule has 3 heterocycles. The van der Waals surface area contributed by atoms with Gasteiger partial charge in [0.2, 0.25) is 5.82 Å². The van der Waals surface area contributed by atoms with E-state index in [1.165, 1.54) is 17.8 Å². The number of hydrogen-bond donors (Lipinski definition) is 0. The van der Waals surface area contributed by atoms with Crippen molar-refractivity contribution < 1.29 is 4.52 Å². The van der Waals surface area contributed by atoms with Crippen molar-refractivity contribution in [1.29, 1.82) is 0 Å². The first kappa shape index (κ1) is 15.0. The molecule has 0 N–H and O–H groups in total. The summed E-state index contributed by atoms with van der Waals surface area (Å²) in [6.07, 6.45) is 2.57. The molecule has 4 nitrogen and oxygen atoms in total. The lowest BCUT2D eigenvalue weighted by atomic mass is 10.1. The van der Waals surface area contributed by atoms with Crippen molar-refractivity contribution in [2.24, 2.45) is 0 Å². The summed E-state index contributed by atoms with van der Waals surface area (Å²) >= 11 is 3.39. The minimum absolute atomic E-state index is 0.583. The predicted octanol–water partition coefficient (Wildman–Crippen LogP) is 5.77. The van der Waals surface area contributed by atoms with Crippen molar-refractivity contribution in [2.45, 2.75) is 25.7 Å². The minimum atomic E-state index is 0.583. The second-order valence-electron chi connectivity index (χ2n) is 6.28. The molecule has 0 amide bonds. The monoisotopic (exact) mass is 365 g/mol. The van der Waals surface area contributed by atoms with Gasteiger partial charge in [0.05, 0.1) is 15.6 Å². The van der Waals surface area contributed by atoms with E-state index >= 15 is 0 Å². The van der Waals surface area contributed by atoms with Gasteiger partial charge in [-0.15, -0.1) is 22.7 Å². The number of thiazole rings is 1. The van der Waals surface area contributed by atoms with Crippen molar-refractivity contribution in [1.82, 2.24) is 15.1 Å². The molecule has 1 aromatic carbocycles. The van der Waals surface area contributed by atoms with E-state index in [9.17, 15) is 0 Å². The zero-order valence-corrected chi connectivity index (χ0v) is 15.2. The van der Waals surface area contributed by atoms with Crippen LogP contribution in [0.3, 0.4) is 0 Å². The first-order valence-electron chi connectivity index (χ1n) is 8.22. The average molecular weight is 365 g/mol. The molecule has 3 aromatic heterocycles. The van der Waals surface area contributed by atoms with E-state index in [4.69, 9.17) is 9.51 Å². The quantitative estimate of drug-likeness (QED) is 0.460. The zero-order chi connectivity index (χ0) is 16.8. The minimum Gasteiger partial charge on any atom is -0.333 e. The second kappa shape index (κ2) is 5.89. The van der Waals surface area contributed by atoms with Crippen LogP contribution in [0.4, 0.5) is 0 Å². The molecular weight excluding hydrogens is 350 g/mol. The van der Waals surface area contributed by atoms with Gasteiger partial charge in [-0.25, -0.2) is 4.98 Å². The summed E-state index contributed by atoms with van der Waals surface area (Å²) in [4.78, 5) is 10.3. The van der Waals surface area contributed by atoms with E-state index in [-0.39, 0.29) is 0 Å². The van der Waals surface area contributed by atoms with Crippen molar-refractivity contribution in [2.75, 3.05) is 0 Å². The van der Waals surface area contributed by atoms with Crippen LogP contribution in [0.5, 0.6) is 0 Å². The van der Waals surface area contributed by atoms with Gasteiger partial charge in [0.15, 0.2) is 0 Å². The van der Waals surface area contributed by atoms with Crippen LogP contribution in [0.2, 0.25) is 0 Å². The van der Waals surface area contributed by atoms with E-state index in [1.54, 1.807) is 22.7 Å². The molecule has 0 atom stereocenters. The molecule has 4 aromatic rings. The fraction of sp³-hybridized carbons (Fsp3) is 0.211. The molecule has 6 heteroatoms. The Morgan fingerprint density at radius 1 is 1.00 bits per heavy atom. The van der Waals surface area contributed by atoms with Gasteiger partial charge in [-0.1, -0.05) is 29.4 Å². The summed E-state index contributed by atoms with van der Waals surface area (Å²) in [7, 11) is 0. The highest BCUT2D eigenvalue weighted by Gasteiger charge is 2.26. The zero-order valence-electron chi connectivity index (χ0n) is 13.6. The van der Waals surface area contributed by atoms with Gasteiger partial charge < -0.3 is 4.52 Å². The molecule has 0 bridgehead atoms. The van der Waals surface area contributed by atoms with Crippen LogP contribution in [-0.2, 0) is 0 Å². The van der Waals surface area contributed by atoms with Crippen molar-refractivity contribution in [3.63, 3.8) is 0 Å². The number of nitrogens with zero attached hydrogens (tertiary/aromatic N) is 3. The second-order valence-corrected chi connectivity index (χ2v) is 8.08. The molecule has 1 saturated carbocycles. The third-order valence-corrected chi connectivity index (χ3v) is 6.38. The van der Waals surface area contributed by atoms with Crippen LogP contribution in [-0.4, -0.2) is 15.1 Å². The van der Waals surface area contributed by atoms with E-state index in [1.807, 2.05) is 24.4 Å². The van der Waals surface area contributed by atoms with Gasteiger partial charge in [0, 0.05) is 22.4 Å². The predicted molar refractivity (Wildman–Crippen MR) is 101 cm³/mol. The van der Waals surface area contributed by atoms with Crippen LogP contribution < -0.4 is 0 Å². The SMILES string of the molecule is Cc1ccsc1-c1nc(-c2ccc(-c3csc(C4CC4)n3)cc2)no1. The molecule has 1 aliphatic rings. The number of benzene rings is 1. The molecule has 0 aliphatic heterocycles. The lowest BCUT2D eigenvalue weighted by molar-refractivity contribution is 0.433. The fourth-order valence-corrected chi connectivity index (χ4v) is 4.60. The molecule has 25 heavy (non-hydrogen) atoms. The molecule has 0 radical (unpaired) electrons. The number of rotatable bonds is 4. The van der Waals surface area contributed by atoms with E-state index in [0.29, 0.717) is 17.6 Å². The maximum absolute atomic E-state index is 5.43. The highest BCUT2D eigenvalue weighted by Crippen LogP contribution is 2.42. The van der Waals surface area contributed by atoms with Gasteiger partial charge >= 0.3 is 0 Å².